The van der Waals surface area contributed by atoms with Crippen molar-refractivity contribution in [2.24, 2.45) is 5.41 Å². The number of halogens is 2. The third-order valence-corrected chi connectivity index (χ3v) is 4.79. The predicted octanol–water partition coefficient (Wildman–Crippen LogP) is 3.89. The number of carbonyl (C=O) groups is 1. The fourth-order valence-electron chi connectivity index (χ4n) is 3.15. The maximum Gasteiger partial charge on any atom is 0.314 e. The van der Waals surface area contributed by atoms with Crippen LogP contribution in [-0.4, -0.2) is 11.1 Å². The maximum atomic E-state index is 11.6. The quantitative estimate of drug-likeness (QED) is 0.886. The van der Waals surface area contributed by atoms with E-state index in [1.54, 1.807) is 18.2 Å². The van der Waals surface area contributed by atoms with Gasteiger partial charge in [0, 0.05) is 15.6 Å². The summed E-state index contributed by atoms with van der Waals surface area (Å²) in [5.74, 6) is -0.801. The average molecular weight is 271 g/mol. The molecule has 4 heteroatoms. The minimum absolute atomic E-state index is 0.279. The van der Waals surface area contributed by atoms with E-state index in [4.69, 9.17) is 23.2 Å². The van der Waals surface area contributed by atoms with Gasteiger partial charge in [-0.1, -0.05) is 29.3 Å². The summed E-state index contributed by atoms with van der Waals surface area (Å²) in [5.41, 5.74) is 0.0284. The van der Waals surface area contributed by atoms with Gasteiger partial charge in [-0.15, -0.1) is 0 Å². The minimum Gasteiger partial charge on any atom is -0.481 e. The van der Waals surface area contributed by atoms with E-state index in [1.165, 1.54) is 0 Å². The Morgan fingerprint density at radius 3 is 2.12 bits per heavy atom. The van der Waals surface area contributed by atoms with Crippen molar-refractivity contribution < 1.29 is 9.90 Å². The van der Waals surface area contributed by atoms with E-state index in [0.29, 0.717) is 28.5 Å². The highest BCUT2D eigenvalue weighted by Gasteiger charge is 2.65. The summed E-state index contributed by atoms with van der Waals surface area (Å²) >= 11 is 12.3. The van der Waals surface area contributed by atoms with Gasteiger partial charge in [-0.2, -0.15) is 0 Å². The molecular formula is C13H12Cl2O2. The van der Waals surface area contributed by atoms with Crippen LogP contribution in [0.3, 0.4) is 0 Å². The fourth-order valence-corrected chi connectivity index (χ4v) is 3.91. The van der Waals surface area contributed by atoms with Crippen LogP contribution in [0.15, 0.2) is 18.2 Å². The van der Waals surface area contributed by atoms with Crippen molar-refractivity contribution in [1.29, 1.82) is 0 Å². The highest BCUT2D eigenvalue weighted by molar-refractivity contribution is 6.36. The number of hydrogen-bond acceptors (Lipinski definition) is 1. The van der Waals surface area contributed by atoms with Crippen LogP contribution in [0.5, 0.6) is 0 Å². The molecule has 1 spiro atoms. The topological polar surface area (TPSA) is 37.3 Å². The summed E-state index contributed by atoms with van der Waals surface area (Å²) in [6.07, 6.45) is 3.64. The lowest BCUT2D eigenvalue weighted by molar-refractivity contribution is -0.150. The first-order valence-electron chi connectivity index (χ1n) is 5.67. The van der Waals surface area contributed by atoms with Crippen molar-refractivity contribution in [2.45, 2.75) is 31.1 Å². The standard InChI is InChI=1S/C13H12Cl2O2/c14-8-2-1-3-9(15)10(8)13(11(16)17)6-12(7-13)4-5-12/h1-3H,4-7H2,(H,16,17). The molecule has 0 aromatic heterocycles. The van der Waals surface area contributed by atoms with E-state index in [0.717, 1.165) is 12.8 Å². The SMILES string of the molecule is O=C(O)C1(c2c(Cl)cccc2Cl)CC2(CC2)C1. The largest absolute Gasteiger partial charge is 0.481 e. The van der Waals surface area contributed by atoms with E-state index < -0.39 is 11.4 Å². The molecule has 3 rings (SSSR count). The Kier molecular flexibility index (Phi) is 2.27. The second kappa shape index (κ2) is 3.39. The second-order valence-corrected chi connectivity index (χ2v) is 6.15. The van der Waals surface area contributed by atoms with Gasteiger partial charge >= 0.3 is 5.97 Å². The predicted molar refractivity (Wildman–Crippen MR) is 66.7 cm³/mol. The van der Waals surface area contributed by atoms with Crippen LogP contribution in [0.4, 0.5) is 0 Å². The van der Waals surface area contributed by atoms with Gasteiger partial charge in [0.1, 0.15) is 0 Å². The summed E-state index contributed by atoms with van der Waals surface area (Å²) in [6.45, 7) is 0. The number of carboxylic acids is 1. The number of aliphatic carboxylic acids is 1. The van der Waals surface area contributed by atoms with Gasteiger partial charge in [-0.3, -0.25) is 4.79 Å². The Hall–Kier alpha value is -0.730. The van der Waals surface area contributed by atoms with Gasteiger partial charge in [-0.25, -0.2) is 0 Å². The number of benzene rings is 1. The first kappa shape index (κ1) is 11.4. The Morgan fingerprint density at radius 1 is 1.18 bits per heavy atom. The van der Waals surface area contributed by atoms with E-state index in [1.807, 2.05) is 0 Å². The normalized spacial score (nSPS) is 23.2. The Bertz CT molecular complexity index is 478. The molecule has 0 saturated heterocycles. The molecule has 2 nitrogen and oxygen atoms in total. The average Bonchev–Trinajstić information content (AvgIpc) is 2.95. The van der Waals surface area contributed by atoms with Crippen molar-refractivity contribution in [3.05, 3.63) is 33.8 Å². The molecule has 2 fully saturated rings. The second-order valence-electron chi connectivity index (χ2n) is 5.34. The molecule has 2 aliphatic rings. The summed E-state index contributed by atoms with van der Waals surface area (Å²) in [4.78, 5) is 11.6. The molecule has 2 aliphatic carbocycles. The monoisotopic (exact) mass is 270 g/mol. The van der Waals surface area contributed by atoms with Crippen molar-refractivity contribution in [3.8, 4) is 0 Å². The molecule has 0 radical (unpaired) electrons. The molecule has 0 atom stereocenters. The minimum atomic E-state index is -0.855. The number of rotatable bonds is 2. The molecule has 0 heterocycles. The molecule has 0 aliphatic heterocycles. The van der Waals surface area contributed by atoms with Crippen LogP contribution in [0.2, 0.25) is 10.0 Å². The zero-order chi connectivity index (χ0) is 12.3. The molecule has 17 heavy (non-hydrogen) atoms. The molecule has 0 unspecified atom stereocenters. The Morgan fingerprint density at radius 2 is 1.71 bits per heavy atom. The van der Waals surface area contributed by atoms with Gasteiger partial charge < -0.3 is 5.11 Å². The van der Waals surface area contributed by atoms with Crippen molar-refractivity contribution >= 4 is 29.2 Å². The van der Waals surface area contributed by atoms with Crippen molar-refractivity contribution in [1.82, 2.24) is 0 Å². The first-order chi connectivity index (χ1) is 7.99. The Labute approximate surface area is 110 Å². The van der Waals surface area contributed by atoms with Crippen LogP contribution < -0.4 is 0 Å². The molecular weight excluding hydrogens is 259 g/mol. The van der Waals surface area contributed by atoms with Crippen LogP contribution in [0.25, 0.3) is 0 Å². The lowest BCUT2D eigenvalue weighted by Crippen LogP contribution is -2.49. The zero-order valence-corrected chi connectivity index (χ0v) is 10.7. The Balaban J connectivity index is 2.08. The molecule has 90 valence electrons. The summed E-state index contributed by atoms with van der Waals surface area (Å²) in [7, 11) is 0. The summed E-state index contributed by atoms with van der Waals surface area (Å²) in [5, 5.41) is 10.5. The van der Waals surface area contributed by atoms with Gasteiger partial charge in [0.05, 0.1) is 5.41 Å². The summed E-state index contributed by atoms with van der Waals surface area (Å²) in [6, 6.07) is 5.17. The third kappa shape index (κ3) is 1.50. The van der Waals surface area contributed by atoms with E-state index in [-0.39, 0.29) is 5.41 Å². The lowest BCUT2D eigenvalue weighted by atomic mass is 9.56. The van der Waals surface area contributed by atoms with E-state index >= 15 is 0 Å². The van der Waals surface area contributed by atoms with Gasteiger partial charge in [0.15, 0.2) is 0 Å². The lowest BCUT2D eigenvalue weighted by Gasteiger charge is -2.46. The van der Waals surface area contributed by atoms with Crippen LogP contribution in [0.1, 0.15) is 31.2 Å². The number of hydrogen-bond donors (Lipinski definition) is 1. The summed E-state index contributed by atoms with van der Waals surface area (Å²) < 4.78 is 0. The third-order valence-electron chi connectivity index (χ3n) is 4.16. The highest BCUT2D eigenvalue weighted by Crippen LogP contribution is 2.70. The van der Waals surface area contributed by atoms with E-state index in [9.17, 15) is 9.90 Å². The van der Waals surface area contributed by atoms with Crippen LogP contribution in [0, 0.1) is 5.41 Å². The van der Waals surface area contributed by atoms with Crippen LogP contribution in [-0.2, 0) is 10.2 Å². The molecule has 1 aromatic carbocycles. The maximum absolute atomic E-state index is 11.6. The highest BCUT2D eigenvalue weighted by atomic mass is 35.5. The molecule has 1 aromatic rings. The molecule has 0 bridgehead atoms. The van der Waals surface area contributed by atoms with Crippen LogP contribution >= 0.6 is 23.2 Å². The molecule has 0 amide bonds. The smallest absolute Gasteiger partial charge is 0.314 e. The molecule has 2 saturated carbocycles. The van der Waals surface area contributed by atoms with Crippen molar-refractivity contribution in [2.75, 3.05) is 0 Å². The number of carboxylic acid groups (broad SMARTS) is 1. The van der Waals surface area contributed by atoms with Gasteiger partial charge in [0.2, 0.25) is 0 Å². The van der Waals surface area contributed by atoms with Crippen molar-refractivity contribution in [3.63, 3.8) is 0 Å². The first-order valence-corrected chi connectivity index (χ1v) is 6.43. The van der Waals surface area contributed by atoms with Gasteiger partial charge in [0.25, 0.3) is 0 Å². The van der Waals surface area contributed by atoms with E-state index in [2.05, 4.69) is 0 Å². The zero-order valence-electron chi connectivity index (χ0n) is 9.17. The van der Waals surface area contributed by atoms with Gasteiger partial charge in [-0.05, 0) is 43.2 Å². The molecule has 1 N–H and O–H groups in total. The fraction of sp³-hybridized carbons (Fsp3) is 0.462.